The average Bonchev–Trinajstić information content (AvgIpc) is 3.70. The molecule has 4 atom stereocenters. The number of hydrogen-bond acceptors (Lipinski definition) is 7. The average molecular weight is 635 g/mol. The standard InChI is InChI=1S/C32H54N6O5S/c1-6-13-23(27(39)29(41)33-17-7-2)34-28(40)24-16-11-19-38(24)30(42)26(22-14-9-8-10-15-22)36-31(43)35-25(32(3,4)5)21-37-18-12-20-44-37/h7,22-26H,2,6,8-21H2,1,3-5H3,(H,33,41)(H,34,40)(H2,35,36,43). The fraction of sp³-hybridized carbons (Fsp3) is 0.781. The summed E-state index contributed by atoms with van der Waals surface area (Å²) in [5.74, 6) is -1.11. The van der Waals surface area contributed by atoms with Crippen LogP contribution in [-0.4, -0.2) is 94.8 Å². The van der Waals surface area contributed by atoms with Crippen LogP contribution in [0.15, 0.2) is 12.7 Å². The molecule has 3 rings (SSSR count). The fourth-order valence-electron chi connectivity index (χ4n) is 6.29. The van der Waals surface area contributed by atoms with Crippen LogP contribution in [-0.2, 0) is 19.2 Å². The maximum Gasteiger partial charge on any atom is 0.315 e. The van der Waals surface area contributed by atoms with Crippen LogP contribution in [0.2, 0.25) is 0 Å². The van der Waals surface area contributed by atoms with Gasteiger partial charge in [0.15, 0.2) is 0 Å². The summed E-state index contributed by atoms with van der Waals surface area (Å²) in [5.41, 5.74) is -0.183. The molecule has 1 saturated carbocycles. The Bertz CT molecular complexity index is 1020. The molecule has 12 heteroatoms. The Labute approximate surface area is 267 Å². The summed E-state index contributed by atoms with van der Waals surface area (Å²) in [6, 6.07) is -2.97. The van der Waals surface area contributed by atoms with E-state index in [0.29, 0.717) is 32.2 Å². The molecule has 2 aliphatic heterocycles. The topological polar surface area (TPSA) is 140 Å². The zero-order valence-corrected chi connectivity index (χ0v) is 27.9. The quantitative estimate of drug-likeness (QED) is 0.131. The first-order valence-corrected chi connectivity index (χ1v) is 17.4. The maximum absolute atomic E-state index is 14.2. The van der Waals surface area contributed by atoms with Gasteiger partial charge in [-0.1, -0.05) is 71.4 Å². The number of amides is 5. The second-order valence-corrected chi connectivity index (χ2v) is 14.6. The van der Waals surface area contributed by atoms with Crippen LogP contribution in [0.5, 0.6) is 0 Å². The molecule has 5 amide bonds. The normalized spacial score (nSPS) is 21.6. The van der Waals surface area contributed by atoms with Gasteiger partial charge in [0.1, 0.15) is 12.1 Å². The highest BCUT2D eigenvalue weighted by atomic mass is 32.2. The van der Waals surface area contributed by atoms with Gasteiger partial charge in [0.05, 0.1) is 6.04 Å². The van der Waals surface area contributed by atoms with Crippen LogP contribution in [0.3, 0.4) is 0 Å². The van der Waals surface area contributed by atoms with Crippen molar-refractivity contribution < 1.29 is 24.0 Å². The summed E-state index contributed by atoms with van der Waals surface area (Å²) in [4.78, 5) is 67.9. The second-order valence-electron chi connectivity index (χ2n) is 13.4. The van der Waals surface area contributed by atoms with E-state index in [9.17, 15) is 24.0 Å². The van der Waals surface area contributed by atoms with Crippen molar-refractivity contribution in [3.8, 4) is 0 Å². The van der Waals surface area contributed by atoms with Crippen molar-refractivity contribution in [1.82, 2.24) is 30.5 Å². The van der Waals surface area contributed by atoms with Gasteiger partial charge in [-0.05, 0) is 49.9 Å². The number of nitrogens with zero attached hydrogens (tertiary/aromatic N) is 2. The molecule has 2 heterocycles. The van der Waals surface area contributed by atoms with E-state index in [1.807, 2.05) is 6.92 Å². The van der Waals surface area contributed by atoms with E-state index in [1.165, 1.54) is 6.08 Å². The maximum atomic E-state index is 14.2. The highest BCUT2D eigenvalue weighted by molar-refractivity contribution is 7.97. The SMILES string of the molecule is C=CCNC(=O)C(=O)C(CCC)NC(=O)C1CCCN1C(=O)C(NC(=O)NC(CN1CCCS1)C(C)(C)C)C1CCCCC1. The molecule has 248 valence electrons. The first-order chi connectivity index (χ1) is 21.0. The molecule has 0 aromatic rings. The Balaban J connectivity index is 1.73. The van der Waals surface area contributed by atoms with Gasteiger partial charge in [0.25, 0.3) is 5.91 Å². The monoisotopic (exact) mass is 634 g/mol. The van der Waals surface area contributed by atoms with Crippen molar-refractivity contribution in [3.63, 3.8) is 0 Å². The molecule has 0 bridgehead atoms. The zero-order chi connectivity index (χ0) is 32.3. The van der Waals surface area contributed by atoms with Gasteiger partial charge in [-0.15, -0.1) is 6.58 Å². The Morgan fingerprint density at radius 3 is 2.30 bits per heavy atom. The summed E-state index contributed by atoms with van der Waals surface area (Å²) in [5, 5.41) is 11.5. The van der Waals surface area contributed by atoms with Gasteiger partial charge in [-0.3, -0.25) is 19.2 Å². The number of nitrogens with one attached hydrogen (secondary N) is 4. The van der Waals surface area contributed by atoms with Crippen molar-refractivity contribution >= 4 is 41.5 Å². The molecule has 3 aliphatic rings. The van der Waals surface area contributed by atoms with Crippen LogP contribution in [0, 0.1) is 11.3 Å². The summed E-state index contributed by atoms with van der Waals surface area (Å²) < 4.78 is 2.30. The number of hydrogen-bond donors (Lipinski definition) is 4. The Morgan fingerprint density at radius 2 is 1.68 bits per heavy atom. The van der Waals surface area contributed by atoms with E-state index in [2.05, 4.69) is 52.9 Å². The van der Waals surface area contributed by atoms with Crippen molar-refractivity contribution in [2.75, 3.05) is 31.9 Å². The predicted molar refractivity (Wildman–Crippen MR) is 174 cm³/mol. The molecule has 4 unspecified atom stereocenters. The molecule has 44 heavy (non-hydrogen) atoms. The molecule has 0 radical (unpaired) electrons. The van der Waals surface area contributed by atoms with Gasteiger partial charge in [0, 0.05) is 38.0 Å². The molecule has 0 spiro atoms. The van der Waals surface area contributed by atoms with Crippen LogP contribution < -0.4 is 21.3 Å². The fourth-order valence-corrected chi connectivity index (χ4v) is 7.32. The number of urea groups is 1. The van der Waals surface area contributed by atoms with Crippen LogP contribution in [0.25, 0.3) is 0 Å². The summed E-state index contributed by atoms with van der Waals surface area (Å²) in [6.07, 6.45) is 9.36. The van der Waals surface area contributed by atoms with E-state index in [4.69, 9.17) is 0 Å². The van der Waals surface area contributed by atoms with Gasteiger partial charge in [-0.2, -0.15) is 0 Å². The van der Waals surface area contributed by atoms with E-state index in [1.54, 1.807) is 16.8 Å². The van der Waals surface area contributed by atoms with Gasteiger partial charge in [0.2, 0.25) is 17.6 Å². The lowest BCUT2D eigenvalue weighted by Crippen LogP contribution is -2.60. The molecular formula is C32H54N6O5S. The third-order valence-electron chi connectivity index (χ3n) is 8.92. The van der Waals surface area contributed by atoms with Crippen molar-refractivity contribution in [3.05, 3.63) is 12.7 Å². The van der Waals surface area contributed by atoms with Gasteiger partial charge < -0.3 is 26.2 Å². The second kappa shape index (κ2) is 17.2. The minimum atomic E-state index is -0.976. The Kier molecular flexibility index (Phi) is 14.0. The minimum Gasteiger partial charge on any atom is -0.346 e. The smallest absolute Gasteiger partial charge is 0.315 e. The summed E-state index contributed by atoms with van der Waals surface area (Å²) in [6.45, 7) is 14.0. The molecule has 0 aromatic carbocycles. The van der Waals surface area contributed by atoms with Gasteiger partial charge >= 0.3 is 6.03 Å². The zero-order valence-electron chi connectivity index (χ0n) is 27.1. The first kappa shape index (κ1) is 35.9. The number of rotatable bonds is 14. The van der Waals surface area contributed by atoms with E-state index in [0.717, 1.165) is 57.4 Å². The molecule has 0 aromatic heterocycles. The van der Waals surface area contributed by atoms with Crippen LogP contribution >= 0.6 is 11.9 Å². The van der Waals surface area contributed by atoms with Crippen molar-refractivity contribution in [1.29, 1.82) is 0 Å². The largest absolute Gasteiger partial charge is 0.346 e. The molecule has 11 nitrogen and oxygen atoms in total. The molecular weight excluding hydrogens is 580 g/mol. The molecule has 2 saturated heterocycles. The van der Waals surface area contributed by atoms with Gasteiger partial charge in [-0.25, -0.2) is 9.10 Å². The molecule has 4 N–H and O–H groups in total. The van der Waals surface area contributed by atoms with Crippen molar-refractivity contribution in [2.24, 2.45) is 11.3 Å². The lowest BCUT2D eigenvalue weighted by atomic mass is 9.83. The lowest BCUT2D eigenvalue weighted by Gasteiger charge is -2.37. The van der Waals surface area contributed by atoms with E-state index in [-0.39, 0.29) is 35.9 Å². The first-order valence-electron chi connectivity index (χ1n) is 16.4. The lowest BCUT2D eigenvalue weighted by molar-refractivity contribution is -0.143. The number of carbonyl (C=O) groups is 5. The van der Waals surface area contributed by atoms with Crippen LogP contribution in [0.4, 0.5) is 4.79 Å². The molecule has 3 fully saturated rings. The highest BCUT2D eigenvalue weighted by Crippen LogP contribution is 2.30. The third kappa shape index (κ3) is 10.2. The highest BCUT2D eigenvalue weighted by Gasteiger charge is 2.42. The third-order valence-corrected chi connectivity index (χ3v) is 10.1. The minimum absolute atomic E-state index is 0.0171. The number of likely N-dealkylation sites (tertiary alicyclic amines) is 1. The predicted octanol–water partition coefficient (Wildman–Crippen LogP) is 3.15. The Morgan fingerprint density at radius 1 is 0.955 bits per heavy atom. The van der Waals surface area contributed by atoms with Crippen LogP contribution in [0.1, 0.15) is 91.9 Å². The summed E-state index contributed by atoms with van der Waals surface area (Å²) >= 11 is 1.80. The molecule has 1 aliphatic carbocycles. The number of ketones is 1. The number of Topliss-reactive ketones (excluding diaryl/α,β-unsaturated/α-hetero) is 1. The van der Waals surface area contributed by atoms with Crippen molar-refractivity contribution in [2.45, 2.75) is 116 Å². The van der Waals surface area contributed by atoms with E-state index >= 15 is 0 Å². The summed E-state index contributed by atoms with van der Waals surface area (Å²) in [7, 11) is 0. The van der Waals surface area contributed by atoms with E-state index < -0.39 is 35.7 Å². The Hall–Kier alpha value is -2.60. The number of carbonyl (C=O) groups excluding carboxylic acids is 5.